The van der Waals surface area contributed by atoms with E-state index in [-0.39, 0.29) is 30.4 Å². The quantitative estimate of drug-likeness (QED) is 0.500. The van der Waals surface area contributed by atoms with Crippen molar-refractivity contribution in [2.24, 2.45) is 5.10 Å². The third-order valence-corrected chi connectivity index (χ3v) is 3.88. The maximum absolute atomic E-state index is 12.0. The van der Waals surface area contributed by atoms with Crippen molar-refractivity contribution in [1.82, 2.24) is 5.43 Å². The molecule has 0 radical (unpaired) electrons. The van der Waals surface area contributed by atoms with Gasteiger partial charge in [-0.25, -0.2) is 5.43 Å². The van der Waals surface area contributed by atoms with Gasteiger partial charge >= 0.3 is 0 Å². The summed E-state index contributed by atoms with van der Waals surface area (Å²) in [5, 5.41) is 16.7. The van der Waals surface area contributed by atoms with Crippen molar-refractivity contribution in [3.8, 4) is 11.5 Å². The Hall–Kier alpha value is -3.06. The molecule has 0 spiro atoms. The van der Waals surface area contributed by atoms with Crippen LogP contribution in [0, 0.1) is 6.92 Å². The predicted molar refractivity (Wildman–Crippen MR) is 104 cm³/mol. The summed E-state index contributed by atoms with van der Waals surface area (Å²) in [7, 11) is 1.44. The molecule has 0 saturated heterocycles. The summed E-state index contributed by atoms with van der Waals surface area (Å²) in [6, 6.07) is 9.81. The van der Waals surface area contributed by atoms with Crippen LogP contribution >= 0.6 is 11.6 Å². The van der Waals surface area contributed by atoms with Crippen LogP contribution in [-0.4, -0.2) is 30.2 Å². The number of ether oxygens (including phenoxy) is 1. The van der Waals surface area contributed by atoms with E-state index in [4.69, 9.17) is 16.3 Å². The lowest BCUT2D eigenvalue weighted by Gasteiger charge is -2.08. The summed E-state index contributed by atoms with van der Waals surface area (Å²) in [5.41, 5.74) is 4.49. The molecular formula is C19H20ClN3O4. The molecule has 8 heteroatoms. The number of carbonyl (C=O) groups is 2. The highest BCUT2D eigenvalue weighted by atomic mass is 35.5. The normalized spacial score (nSPS) is 10.6. The highest BCUT2D eigenvalue weighted by Crippen LogP contribution is 2.25. The minimum atomic E-state index is -0.389. The van der Waals surface area contributed by atoms with E-state index in [9.17, 15) is 14.7 Å². The number of carbonyl (C=O) groups excluding carboxylic acids is 2. The van der Waals surface area contributed by atoms with Crippen LogP contribution in [0.15, 0.2) is 41.5 Å². The zero-order valence-electron chi connectivity index (χ0n) is 15.0. The van der Waals surface area contributed by atoms with Gasteiger partial charge in [0.05, 0.1) is 13.3 Å². The smallest absolute Gasteiger partial charge is 0.240 e. The minimum Gasteiger partial charge on any atom is -0.504 e. The summed E-state index contributed by atoms with van der Waals surface area (Å²) in [5.74, 6) is -0.345. The number of methoxy groups -OCH3 is 1. The van der Waals surface area contributed by atoms with E-state index in [1.54, 1.807) is 30.3 Å². The summed E-state index contributed by atoms with van der Waals surface area (Å²) in [6.07, 6.45) is 1.43. The lowest BCUT2D eigenvalue weighted by atomic mass is 10.2. The number of phenols is 1. The largest absolute Gasteiger partial charge is 0.504 e. The van der Waals surface area contributed by atoms with Crippen molar-refractivity contribution < 1.29 is 19.4 Å². The van der Waals surface area contributed by atoms with Crippen molar-refractivity contribution in [3.63, 3.8) is 0 Å². The number of aromatic hydroxyl groups is 1. The first-order chi connectivity index (χ1) is 12.9. The predicted octanol–water partition coefficient (Wildman–Crippen LogP) is 3.23. The van der Waals surface area contributed by atoms with E-state index in [1.807, 2.05) is 6.92 Å². The lowest BCUT2D eigenvalue weighted by molar-refractivity contribution is -0.124. The fourth-order valence-corrected chi connectivity index (χ4v) is 2.44. The summed E-state index contributed by atoms with van der Waals surface area (Å²) >= 11 is 5.88. The van der Waals surface area contributed by atoms with Crippen molar-refractivity contribution in [2.45, 2.75) is 19.8 Å². The van der Waals surface area contributed by atoms with Crippen LogP contribution in [0.25, 0.3) is 0 Å². The number of rotatable bonds is 7. The van der Waals surface area contributed by atoms with Gasteiger partial charge < -0.3 is 15.2 Å². The van der Waals surface area contributed by atoms with Gasteiger partial charge in [-0.1, -0.05) is 11.6 Å². The lowest BCUT2D eigenvalue weighted by Crippen LogP contribution is -2.20. The van der Waals surface area contributed by atoms with Crippen molar-refractivity contribution in [2.75, 3.05) is 12.4 Å². The minimum absolute atomic E-state index is 0.00525. The molecule has 0 heterocycles. The van der Waals surface area contributed by atoms with Gasteiger partial charge in [-0.15, -0.1) is 0 Å². The molecule has 142 valence electrons. The number of phenolic OH excluding ortho intramolecular Hbond substituents is 1. The number of benzene rings is 2. The first kappa shape index (κ1) is 20.3. The van der Waals surface area contributed by atoms with Gasteiger partial charge in [0.1, 0.15) is 0 Å². The molecule has 0 fully saturated rings. The Kier molecular flexibility index (Phi) is 7.19. The van der Waals surface area contributed by atoms with Crippen LogP contribution < -0.4 is 15.5 Å². The van der Waals surface area contributed by atoms with E-state index in [2.05, 4.69) is 15.8 Å². The Balaban J connectivity index is 1.79. The number of anilines is 1. The first-order valence-corrected chi connectivity index (χ1v) is 8.51. The van der Waals surface area contributed by atoms with E-state index in [0.29, 0.717) is 22.0 Å². The van der Waals surface area contributed by atoms with Crippen LogP contribution in [0.4, 0.5) is 5.69 Å². The van der Waals surface area contributed by atoms with Gasteiger partial charge in [-0.2, -0.15) is 5.10 Å². The zero-order valence-corrected chi connectivity index (χ0v) is 15.7. The average molecular weight is 390 g/mol. The molecule has 27 heavy (non-hydrogen) atoms. The molecule has 2 rings (SSSR count). The number of aryl methyl sites for hydroxylation is 1. The molecule has 0 unspecified atom stereocenters. The number of nitrogens with one attached hydrogen (secondary N) is 2. The highest BCUT2D eigenvalue weighted by molar-refractivity contribution is 6.30. The first-order valence-electron chi connectivity index (χ1n) is 8.14. The molecule has 0 saturated carbocycles. The third kappa shape index (κ3) is 6.31. The van der Waals surface area contributed by atoms with Crippen LogP contribution in [-0.2, 0) is 9.59 Å². The van der Waals surface area contributed by atoms with Gasteiger partial charge in [-0.05, 0) is 54.4 Å². The number of nitrogens with zero attached hydrogens (tertiary/aromatic N) is 1. The van der Waals surface area contributed by atoms with Crippen LogP contribution in [0.3, 0.4) is 0 Å². The van der Waals surface area contributed by atoms with E-state index in [0.717, 1.165) is 5.56 Å². The topological polar surface area (TPSA) is 100 Å². The molecule has 0 bridgehead atoms. The molecule has 2 amide bonds. The number of hydrazone groups is 1. The van der Waals surface area contributed by atoms with Gasteiger partial charge in [0.2, 0.25) is 11.8 Å². The summed E-state index contributed by atoms with van der Waals surface area (Å²) in [6.45, 7) is 1.83. The Morgan fingerprint density at radius 2 is 1.93 bits per heavy atom. The van der Waals surface area contributed by atoms with Gasteiger partial charge in [-0.3, -0.25) is 9.59 Å². The highest BCUT2D eigenvalue weighted by Gasteiger charge is 2.08. The Morgan fingerprint density at radius 3 is 2.63 bits per heavy atom. The van der Waals surface area contributed by atoms with Gasteiger partial charge in [0, 0.05) is 23.6 Å². The molecular weight excluding hydrogens is 370 g/mol. The van der Waals surface area contributed by atoms with E-state index in [1.165, 1.54) is 19.4 Å². The molecule has 2 aromatic rings. The SMILES string of the molecule is COc1cc(C=NNC(=O)CCC(=O)Nc2ccc(Cl)cc2C)ccc1O. The summed E-state index contributed by atoms with van der Waals surface area (Å²) < 4.78 is 4.99. The Morgan fingerprint density at radius 1 is 1.19 bits per heavy atom. The maximum Gasteiger partial charge on any atom is 0.240 e. The van der Waals surface area contributed by atoms with Gasteiger partial charge in [0.25, 0.3) is 0 Å². The molecule has 3 N–H and O–H groups in total. The Bertz CT molecular complexity index is 868. The van der Waals surface area contributed by atoms with Gasteiger partial charge in [0.15, 0.2) is 11.5 Å². The van der Waals surface area contributed by atoms with Crippen LogP contribution in [0.5, 0.6) is 11.5 Å². The molecule has 0 aliphatic rings. The zero-order chi connectivity index (χ0) is 19.8. The fourth-order valence-electron chi connectivity index (χ4n) is 2.22. The fraction of sp³-hybridized carbons (Fsp3) is 0.211. The van der Waals surface area contributed by atoms with Crippen LogP contribution in [0.1, 0.15) is 24.0 Å². The van der Waals surface area contributed by atoms with Crippen molar-refractivity contribution >= 4 is 35.3 Å². The second-order valence-corrected chi connectivity index (χ2v) is 6.17. The van der Waals surface area contributed by atoms with Crippen molar-refractivity contribution in [1.29, 1.82) is 0 Å². The molecule has 7 nitrogen and oxygen atoms in total. The van der Waals surface area contributed by atoms with Crippen molar-refractivity contribution in [3.05, 3.63) is 52.5 Å². The van der Waals surface area contributed by atoms with Crippen LogP contribution in [0.2, 0.25) is 5.02 Å². The Labute approximate surface area is 162 Å². The molecule has 0 aliphatic carbocycles. The number of hydrogen-bond acceptors (Lipinski definition) is 5. The second kappa shape index (κ2) is 9.59. The summed E-state index contributed by atoms with van der Waals surface area (Å²) in [4.78, 5) is 23.7. The molecule has 0 atom stereocenters. The standard InChI is InChI=1S/C19H20ClN3O4/c1-12-9-14(20)4-5-15(12)22-18(25)7-8-19(26)23-21-11-13-3-6-16(24)17(10-13)27-2/h3-6,9-11,24H,7-8H2,1-2H3,(H,22,25)(H,23,26). The monoisotopic (exact) mass is 389 g/mol. The molecule has 0 aliphatic heterocycles. The number of halogens is 1. The maximum atomic E-state index is 12.0. The molecule has 0 aromatic heterocycles. The van der Waals surface area contributed by atoms with E-state index < -0.39 is 0 Å². The molecule has 2 aromatic carbocycles. The number of amides is 2. The second-order valence-electron chi connectivity index (χ2n) is 5.73. The average Bonchev–Trinajstić information content (AvgIpc) is 2.63. The number of hydrogen-bond donors (Lipinski definition) is 3. The third-order valence-electron chi connectivity index (χ3n) is 3.65. The van der Waals surface area contributed by atoms with E-state index >= 15 is 0 Å².